The fourth-order valence-electron chi connectivity index (χ4n) is 1.40. The van der Waals surface area contributed by atoms with Crippen LogP contribution >= 0.6 is 0 Å². The highest BCUT2D eigenvalue weighted by Gasteiger charge is 2.11. The van der Waals surface area contributed by atoms with Gasteiger partial charge in [-0.15, -0.1) is 0 Å². The predicted octanol–water partition coefficient (Wildman–Crippen LogP) is 3.91. The predicted molar refractivity (Wildman–Crippen MR) is 51.7 cm³/mol. The lowest BCUT2D eigenvalue weighted by Gasteiger charge is -2.04. The van der Waals surface area contributed by atoms with Crippen LogP contribution in [0.25, 0.3) is 11.1 Å². The normalized spacial score (nSPS) is 10.5. The van der Waals surface area contributed by atoms with Crippen molar-refractivity contribution in [1.82, 2.24) is 0 Å². The molecule has 0 aliphatic carbocycles. The molecule has 0 radical (unpaired) electrons. The van der Waals surface area contributed by atoms with E-state index in [-0.39, 0.29) is 11.1 Å². The van der Waals surface area contributed by atoms with Crippen molar-refractivity contribution in [2.75, 3.05) is 0 Å². The molecule has 2 aromatic rings. The third-order valence-electron chi connectivity index (χ3n) is 2.15. The lowest BCUT2D eigenvalue weighted by Crippen LogP contribution is -1.91. The molecule has 0 spiro atoms. The zero-order chi connectivity index (χ0) is 11.7. The van der Waals surface area contributed by atoms with E-state index in [1.54, 1.807) is 0 Å². The molecule has 0 aliphatic heterocycles. The molecular formula is C12H6F4. The first-order valence-electron chi connectivity index (χ1n) is 4.48. The van der Waals surface area contributed by atoms with E-state index in [9.17, 15) is 17.6 Å². The summed E-state index contributed by atoms with van der Waals surface area (Å²) in [6.07, 6.45) is 0. The van der Waals surface area contributed by atoms with Crippen molar-refractivity contribution in [1.29, 1.82) is 0 Å². The molecule has 0 nitrogen and oxygen atoms in total. The molecule has 0 heterocycles. The first-order chi connectivity index (χ1) is 7.58. The van der Waals surface area contributed by atoms with Gasteiger partial charge in [0.1, 0.15) is 11.6 Å². The van der Waals surface area contributed by atoms with Gasteiger partial charge < -0.3 is 0 Å². The Morgan fingerprint density at radius 2 is 1.38 bits per heavy atom. The Morgan fingerprint density at radius 1 is 0.688 bits per heavy atom. The minimum Gasteiger partial charge on any atom is -0.207 e. The van der Waals surface area contributed by atoms with E-state index >= 15 is 0 Å². The zero-order valence-corrected chi connectivity index (χ0v) is 7.98. The molecule has 4 heteroatoms. The van der Waals surface area contributed by atoms with Gasteiger partial charge in [-0.25, -0.2) is 17.6 Å². The largest absolute Gasteiger partial charge is 0.207 e. The Hall–Kier alpha value is -1.84. The van der Waals surface area contributed by atoms with Gasteiger partial charge in [0.2, 0.25) is 0 Å². The average molecular weight is 226 g/mol. The van der Waals surface area contributed by atoms with Gasteiger partial charge in [0.15, 0.2) is 11.6 Å². The van der Waals surface area contributed by atoms with Crippen LogP contribution < -0.4 is 0 Å². The van der Waals surface area contributed by atoms with Gasteiger partial charge in [0.05, 0.1) is 0 Å². The number of benzene rings is 2. The van der Waals surface area contributed by atoms with E-state index in [4.69, 9.17) is 0 Å². The number of rotatable bonds is 1. The summed E-state index contributed by atoms with van der Waals surface area (Å²) in [5, 5.41) is 0. The summed E-state index contributed by atoms with van der Waals surface area (Å²) in [5.74, 6) is -3.93. The molecule has 0 saturated heterocycles. The van der Waals surface area contributed by atoms with Crippen molar-refractivity contribution >= 4 is 0 Å². The maximum absolute atomic E-state index is 13.3. The number of hydrogen-bond donors (Lipinski definition) is 0. The van der Waals surface area contributed by atoms with Gasteiger partial charge in [0, 0.05) is 11.6 Å². The van der Waals surface area contributed by atoms with Crippen LogP contribution in [0.5, 0.6) is 0 Å². The fourth-order valence-corrected chi connectivity index (χ4v) is 1.40. The van der Waals surface area contributed by atoms with E-state index in [1.807, 2.05) is 0 Å². The topological polar surface area (TPSA) is 0 Å². The van der Waals surface area contributed by atoms with Crippen molar-refractivity contribution in [2.24, 2.45) is 0 Å². The Labute approximate surface area is 89.2 Å². The zero-order valence-electron chi connectivity index (χ0n) is 7.98. The molecule has 0 N–H and O–H groups in total. The van der Waals surface area contributed by atoms with Crippen molar-refractivity contribution in [3.05, 3.63) is 59.7 Å². The molecule has 2 aromatic carbocycles. The van der Waals surface area contributed by atoms with Crippen LogP contribution in [0.1, 0.15) is 0 Å². The highest BCUT2D eigenvalue weighted by molar-refractivity contribution is 5.64. The van der Waals surface area contributed by atoms with E-state index in [1.165, 1.54) is 18.2 Å². The van der Waals surface area contributed by atoms with Crippen molar-refractivity contribution in [2.45, 2.75) is 0 Å². The van der Waals surface area contributed by atoms with Crippen LogP contribution in [0.2, 0.25) is 0 Å². The van der Waals surface area contributed by atoms with Gasteiger partial charge in [0.25, 0.3) is 0 Å². The van der Waals surface area contributed by atoms with Crippen LogP contribution in [-0.4, -0.2) is 0 Å². The summed E-state index contributed by atoms with van der Waals surface area (Å²) < 4.78 is 51.8. The molecule has 0 fully saturated rings. The molecule has 0 aliphatic rings. The van der Waals surface area contributed by atoms with Crippen molar-refractivity contribution in [3.8, 4) is 11.1 Å². The molecule has 0 amide bonds. The fraction of sp³-hybridized carbons (Fsp3) is 0. The highest BCUT2D eigenvalue weighted by atomic mass is 19.2. The van der Waals surface area contributed by atoms with Gasteiger partial charge in [-0.2, -0.15) is 0 Å². The number of hydrogen-bond acceptors (Lipinski definition) is 0. The van der Waals surface area contributed by atoms with E-state index < -0.39 is 23.3 Å². The maximum atomic E-state index is 13.3. The van der Waals surface area contributed by atoms with E-state index in [0.29, 0.717) is 12.1 Å². The Morgan fingerprint density at radius 3 is 2.06 bits per heavy atom. The summed E-state index contributed by atoms with van der Waals surface area (Å²) >= 11 is 0. The minimum atomic E-state index is -1.27. The summed E-state index contributed by atoms with van der Waals surface area (Å²) in [6, 6.07) is 6.16. The third kappa shape index (κ3) is 1.91. The summed E-state index contributed by atoms with van der Waals surface area (Å²) in [6.45, 7) is 0. The second-order valence-corrected chi connectivity index (χ2v) is 3.26. The molecule has 0 bridgehead atoms. The SMILES string of the molecule is Fc1cccc(-c2cc(F)c(F)cc2F)c1. The molecule has 0 atom stereocenters. The minimum absolute atomic E-state index is 0.163. The molecule has 0 saturated carbocycles. The van der Waals surface area contributed by atoms with Gasteiger partial charge in [-0.3, -0.25) is 0 Å². The Kier molecular flexibility index (Phi) is 2.64. The standard InChI is InChI=1S/C12H6F4/c13-8-3-1-2-7(4-8)9-5-11(15)12(16)6-10(9)14/h1-6H. The van der Waals surface area contributed by atoms with Crippen molar-refractivity contribution in [3.63, 3.8) is 0 Å². The highest BCUT2D eigenvalue weighted by Crippen LogP contribution is 2.25. The quantitative estimate of drug-likeness (QED) is 0.510. The summed E-state index contributed by atoms with van der Waals surface area (Å²) in [5.41, 5.74) is -0.00481. The molecule has 0 unspecified atom stereocenters. The van der Waals surface area contributed by atoms with Crippen molar-refractivity contribution < 1.29 is 17.6 Å². The lowest BCUT2D eigenvalue weighted by atomic mass is 10.0. The second-order valence-electron chi connectivity index (χ2n) is 3.26. The van der Waals surface area contributed by atoms with Crippen LogP contribution in [0.4, 0.5) is 17.6 Å². The van der Waals surface area contributed by atoms with E-state index in [0.717, 1.165) is 6.07 Å². The molecule has 0 aromatic heterocycles. The van der Waals surface area contributed by atoms with Crippen LogP contribution in [-0.2, 0) is 0 Å². The smallest absolute Gasteiger partial charge is 0.161 e. The van der Waals surface area contributed by atoms with Gasteiger partial charge >= 0.3 is 0 Å². The second kappa shape index (κ2) is 3.96. The summed E-state index contributed by atoms with van der Waals surface area (Å²) in [4.78, 5) is 0. The Bertz CT molecular complexity index is 535. The first kappa shape index (κ1) is 10.7. The molecule has 82 valence electrons. The number of halogens is 4. The monoisotopic (exact) mass is 226 g/mol. The average Bonchev–Trinajstić information content (AvgIpc) is 2.23. The van der Waals surface area contributed by atoms with E-state index in [2.05, 4.69) is 0 Å². The lowest BCUT2D eigenvalue weighted by molar-refractivity contribution is 0.496. The van der Waals surface area contributed by atoms with Crippen LogP contribution in [0, 0.1) is 23.3 Å². The molecular weight excluding hydrogens is 220 g/mol. The van der Waals surface area contributed by atoms with Gasteiger partial charge in [-0.05, 0) is 23.8 Å². The Balaban J connectivity index is 2.60. The van der Waals surface area contributed by atoms with Crippen LogP contribution in [0.15, 0.2) is 36.4 Å². The summed E-state index contributed by atoms with van der Waals surface area (Å²) in [7, 11) is 0. The molecule has 16 heavy (non-hydrogen) atoms. The third-order valence-corrected chi connectivity index (χ3v) is 2.15. The maximum Gasteiger partial charge on any atom is 0.161 e. The van der Waals surface area contributed by atoms with Crippen LogP contribution in [0.3, 0.4) is 0 Å². The molecule has 2 rings (SSSR count). The van der Waals surface area contributed by atoms with Gasteiger partial charge in [-0.1, -0.05) is 12.1 Å². The first-order valence-corrected chi connectivity index (χ1v) is 4.48.